The Bertz CT molecular complexity index is 555. The van der Waals surface area contributed by atoms with Gasteiger partial charge in [0.2, 0.25) is 0 Å². The molecule has 3 heteroatoms. The topological polar surface area (TPSA) is 30.2 Å². The Labute approximate surface area is 89.7 Å². The summed E-state index contributed by atoms with van der Waals surface area (Å²) in [5, 5.41) is 0.938. The van der Waals surface area contributed by atoms with Crippen LogP contribution in [0, 0.1) is 13.8 Å². The minimum Gasteiger partial charge on any atom is -0.423 e. The third-order valence-corrected chi connectivity index (χ3v) is 2.96. The van der Waals surface area contributed by atoms with Crippen molar-refractivity contribution in [1.82, 2.24) is 0 Å². The largest absolute Gasteiger partial charge is 0.423 e. The molecule has 0 bridgehead atoms. The second-order valence-corrected chi connectivity index (χ2v) is 4.20. The average molecular weight is 253 g/mol. The zero-order valence-corrected chi connectivity index (χ0v) is 9.51. The first-order chi connectivity index (χ1) is 6.58. The highest BCUT2D eigenvalue weighted by molar-refractivity contribution is 9.10. The second kappa shape index (κ2) is 3.24. The lowest BCUT2D eigenvalue weighted by molar-refractivity contribution is 0.560. The van der Waals surface area contributed by atoms with Gasteiger partial charge in [0.05, 0.1) is 0 Å². The van der Waals surface area contributed by atoms with Crippen molar-refractivity contribution in [2.24, 2.45) is 0 Å². The Morgan fingerprint density at radius 1 is 1.14 bits per heavy atom. The van der Waals surface area contributed by atoms with Gasteiger partial charge in [-0.25, -0.2) is 4.79 Å². The first kappa shape index (κ1) is 9.46. The van der Waals surface area contributed by atoms with E-state index < -0.39 is 0 Å². The Morgan fingerprint density at radius 3 is 2.50 bits per heavy atom. The summed E-state index contributed by atoms with van der Waals surface area (Å²) in [6, 6.07) is 5.34. The molecule has 14 heavy (non-hydrogen) atoms. The minimum atomic E-state index is -0.326. The van der Waals surface area contributed by atoms with E-state index in [9.17, 15) is 4.79 Å². The van der Waals surface area contributed by atoms with Crippen LogP contribution in [0.4, 0.5) is 0 Å². The summed E-state index contributed by atoms with van der Waals surface area (Å²) in [4.78, 5) is 11.1. The van der Waals surface area contributed by atoms with E-state index in [0.717, 1.165) is 15.4 Å². The van der Waals surface area contributed by atoms with E-state index in [1.807, 2.05) is 26.0 Å². The number of halogens is 1. The molecule has 2 nitrogen and oxygen atoms in total. The Kier molecular flexibility index (Phi) is 2.19. The zero-order valence-electron chi connectivity index (χ0n) is 7.93. The van der Waals surface area contributed by atoms with Crippen LogP contribution in [0.5, 0.6) is 0 Å². The van der Waals surface area contributed by atoms with Gasteiger partial charge in [-0.1, -0.05) is 0 Å². The Balaban J connectivity index is 2.96. The Morgan fingerprint density at radius 2 is 1.79 bits per heavy atom. The number of hydrogen-bond acceptors (Lipinski definition) is 2. The monoisotopic (exact) mass is 252 g/mol. The number of fused-ring (bicyclic) bond motifs is 1. The normalized spacial score (nSPS) is 10.8. The number of benzene rings is 1. The first-order valence-corrected chi connectivity index (χ1v) is 5.08. The van der Waals surface area contributed by atoms with Gasteiger partial charge in [-0.3, -0.25) is 0 Å². The van der Waals surface area contributed by atoms with Crippen molar-refractivity contribution in [1.29, 1.82) is 0 Å². The van der Waals surface area contributed by atoms with Crippen molar-refractivity contribution in [3.63, 3.8) is 0 Å². The zero-order chi connectivity index (χ0) is 10.3. The molecular formula is C11H9BrO2. The lowest BCUT2D eigenvalue weighted by Crippen LogP contribution is -1.96. The van der Waals surface area contributed by atoms with Gasteiger partial charge in [0, 0.05) is 15.9 Å². The molecule has 0 atom stereocenters. The lowest BCUT2D eigenvalue weighted by atomic mass is 10.1. The Hall–Kier alpha value is -1.09. The molecule has 0 saturated heterocycles. The van der Waals surface area contributed by atoms with Crippen LogP contribution in [0.15, 0.2) is 31.9 Å². The third-order valence-electron chi connectivity index (χ3n) is 2.31. The SMILES string of the molecule is Cc1cc2oc(=O)cc(Br)c2cc1C. The molecule has 0 unspecified atom stereocenters. The van der Waals surface area contributed by atoms with Gasteiger partial charge in [-0.05, 0) is 53.0 Å². The van der Waals surface area contributed by atoms with Crippen LogP contribution in [-0.2, 0) is 0 Å². The highest BCUT2D eigenvalue weighted by Gasteiger charge is 2.04. The van der Waals surface area contributed by atoms with E-state index in [-0.39, 0.29) is 5.63 Å². The van der Waals surface area contributed by atoms with E-state index in [1.54, 1.807) is 0 Å². The molecule has 0 N–H and O–H groups in total. The van der Waals surface area contributed by atoms with Crippen LogP contribution >= 0.6 is 15.9 Å². The maximum atomic E-state index is 11.1. The molecule has 1 aromatic heterocycles. The first-order valence-electron chi connectivity index (χ1n) is 4.28. The van der Waals surface area contributed by atoms with Crippen LogP contribution in [0.1, 0.15) is 11.1 Å². The molecule has 2 aromatic rings. The fourth-order valence-electron chi connectivity index (χ4n) is 1.38. The highest BCUT2D eigenvalue weighted by Crippen LogP contribution is 2.24. The summed E-state index contributed by atoms with van der Waals surface area (Å²) < 4.78 is 5.88. The average Bonchev–Trinajstić information content (AvgIpc) is 2.08. The summed E-state index contributed by atoms with van der Waals surface area (Å²) in [5.41, 5.74) is 2.62. The predicted octanol–water partition coefficient (Wildman–Crippen LogP) is 3.17. The highest BCUT2D eigenvalue weighted by atomic mass is 79.9. The molecule has 0 radical (unpaired) electrons. The summed E-state index contributed by atoms with van der Waals surface area (Å²) in [5.74, 6) is 0. The van der Waals surface area contributed by atoms with Crippen LogP contribution in [0.3, 0.4) is 0 Å². The van der Waals surface area contributed by atoms with Gasteiger partial charge >= 0.3 is 5.63 Å². The molecule has 0 amide bonds. The van der Waals surface area contributed by atoms with Crippen molar-refractivity contribution < 1.29 is 4.42 Å². The van der Waals surface area contributed by atoms with Crippen LogP contribution in [0.2, 0.25) is 0 Å². The molecule has 0 fully saturated rings. The summed E-state index contributed by atoms with van der Waals surface area (Å²) in [7, 11) is 0. The van der Waals surface area contributed by atoms with Crippen LogP contribution < -0.4 is 5.63 Å². The summed E-state index contributed by atoms with van der Waals surface area (Å²) in [6.07, 6.45) is 0. The quantitative estimate of drug-likeness (QED) is 0.675. The molecule has 0 aliphatic heterocycles. The van der Waals surface area contributed by atoms with E-state index in [1.165, 1.54) is 11.6 Å². The molecule has 72 valence electrons. The summed E-state index contributed by atoms with van der Waals surface area (Å²) in [6.45, 7) is 4.03. The fourth-order valence-corrected chi connectivity index (χ4v) is 1.88. The maximum Gasteiger partial charge on any atom is 0.337 e. The number of rotatable bonds is 0. The van der Waals surface area contributed by atoms with E-state index in [2.05, 4.69) is 15.9 Å². The van der Waals surface area contributed by atoms with E-state index in [4.69, 9.17) is 4.42 Å². The van der Waals surface area contributed by atoms with Crippen molar-refractivity contribution in [3.8, 4) is 0 Å². The van der Waals surface area contributed by atoms with Gasteiger partial charge in [0.1, 0.15) is 5.58 Å². The van der Waals surface area contributed by atoms with Gasteiger partial charge in [0.15, 0.2) is 0 Å². The van der Waals surface area contributed by atoms with Crippen molar-refractivity contribution in [3.05, 3.63) is 44.2 Å². The van der Waals surface area contributed by atoms with Crippen LogP contribution in [-0.4, -0.2) is 0 Å². The molecule has 0 aliphatic rings. The molecule has 1 aromatic carbocycles. The standard InChI is InChI=1S/C11H9BrO2/c1-6-3-8-9(12)5-11(13)14-10(8)4-7(6)2/h3-5H,1-2H3. The van der Waals surface area contributed by atoms with Gasteiger partial charge in [-0.15, -0.1) is 0 Å². The summed E-state index contributed by atoms with van der Waals surface area (Å²) >= 11 is 3.35. The number of hydrogen-bond donors (Lipinski definition) is 0. The fraction of sp³-hybridized carbons (Fsp3) is 0.182. The van der Waals surface area contributed by atoms with E-state index in [0.29, 0.717) is 5.58 Å². The van der Waals surface area contributed by atoms with Gasteiger partial charge in [0.25, 0.3) is 0 Å². The van der Waals surface area contributed by atoms with Crippen molar-refractivity contribution >= 4 is 26.9 Å². The second-order valence-electron chi connectivity index (χ2n) is 3.35. The lowest BCUT2D eigenvalue weighted by Gasteiger charge is -2.03. The third kappa shape index (κ3) is 1.48. The molecule has 2 rings (SSSR count). The van der Waals surface area contributed by atoms with Crippen molar-refractivity contribution in [2.75, 3.05) is 0 Å². The molecule has 0 aliphatic carbocycles. The maximum absolute atomic E-state index is 11.1. The van der Waals surface area contributed by atoms with E-state index >= 15 is 0 Å². The van der Waals surface area contributed by atoms with Gasteiger partial charge in [-0.2, -0.15) is 0 Å². The number of aryl methyl sites for hydroxylation is 2. The molecule has 1 heterocycles. The van der Waals surface area contributed by atoms with Crippen molar-refractivity contribution in [2.45, 2.75) is 13.8 Å². The molecular weight excluding hydrogens is 244 g/mol. The smallest absolute Gasteiger partial charge is 0.337 e. The minimum absolute atomic E-state index is 0.326. The molecule has 0 spiro atoms. The molecule has 0 saturated carbocycles. The van der Waals surface area contributed by atoms with Gasteiger partial charge < -0.3 is 4.42 Å². The predicted molar refractivity (Wildman–Crippen MR) is 59.7 cm³/mol. The van der Waals surface area contributed by atoms with Crippen LogP contribution in [0.25, 0.3) is 11.0 Å².